The molecule has 6 heteroatoms. The van der Waals surface area contributed by atoms with Crippen LogP contribution in [0.3, 0.4) is 0 Å². The van der Waals surface area contributed by atoms with Gasteiger partial charge in [0.2, 0.25) is 0 Å². The molecule has 0 atom stereocenters. The number of hydrogen-bond donors (Lipinski definition) is 0. The molecule has 126 valence electrons. The van der Waals surface area contributed by atoms with Gasteiger partial charge in [-0.05, 0) is 38.2 Å². The largest absolute Gasteiger partial charge is 0.464 e. The van der Waals surface area contributed by atoms with Crippen LogP contribution in [0.4, 0.5) is 0 Å². The van der Waals surface area contributed by atoms with Crippen molar-refractivity contribution in [2.45, 2.75) is 20.0 Å². The molecule has 3 aromatic rings. The van der Waals surface area contributed by atoms with Crippen molar-refractivity contribution in [3.63, 3.8) is 0 Å². The van der Waals surface area contributed by atoms with Crippen molar-refractivity contribution >= 4 is 11.2 Å². The Morgan fingerprint density at radius 1 is 1.08 bits per heavy atom. The normalized spacial score (nSPS) is 16.9. The summed E-state index contributed by atoms with van der Waals surface area (Å²) in [6.07, 6.45) is 1.83. The van der Waals surface area contributed by atoms with Crippen molar-refractivity contribution in [2.24, 2.45) is 0 Å². The number of likely N-dealkylation sites (N-methyl/N-ethyl adjacent to an activating group) is 1. The fraction of sp³-hybridized carbons (Fsp3) is 0.444. The van der Waals surface area contributed by atoms with E-state index in [0.29, 0.717) is 6.54 Å². The van der Waals surface area contributed by atoms with Crippen LogP contribution in [0.2, 0.25) is 0 Å². The van der Waals surface area contributed by atoms with E-state index in [4.69, 9.17) is 9.40 Å². The second-order valence-corrected chi connectivity index (χ2v) is 6.55. The minimum Gasteiger partial charge on any atom is -0.464 e. The molecule has 4 rings (SSSR count). The van der Waals surface area contributed by atoms with E-state index in [-0.39, 0.29) is 0 Å². The Morgan fingerprint density at radius 2 is 1.92 bits per heavy atom. The van der Waals surface area contributed by atoms with Crippen molar-refractivity contribution < 1.29 is 4.42 Å². The van der Waals surface area contributed by atoms with Crippen LogP contribution in [0.5, 0.6) is 0 Å². The minimum absolute atomic E-state index is 0.671. The van der Waals surface area contributed by atoms with Crippen LogP contribution in [0.1, 0.15) is 17.3 Å². The van der Waals surface area contributed by atoms with Gasteiger partial charge in [-0.3, -0.25) is 4.90 Å². The van der Waals surface area contributed by atoms with Crippen LogP contribution in [-0.2, 0) is 13.1 Å². The zero-order valence-electron chi connectivity index (χ0n) is 14.3. The highest BCUT2D eigenvalue weighted by Gasteiger charge is 2.19. The summed E-state index contributed by atoms with van der Waals surface area (Å²) in [6.45, 7) is 7.86. The molecular formula is C18H23N5O. The maximum absolute atomic E-state index is 5.77. The van der Waals surface area contributed by atoms with Gasteiger partial charge in [-0.2, -0.15) is 0 Å². The molecule has 0 amide bonds. The summed E-state index contributed by atoms with van der Waals surface area (Å²) >= 11 is 0. The number of imidazole rings is 1. The molecule has 4 heterocycles. The molecule has 1 saturated heterocycles. The summed E-state index contributed by atoms with van der Waals surface area (Å²) in [7, 11) is 2.18. The molecule has 0 saturated carbocycles. The summed E-state index contributed by atoms with van der Waals surface area (Å²) in [5.74, 6) is 2.93. The number of fused-ring (bicyclic) bond motifs is 1. The van der Waals surface area contributed by atoms with E-state index >= 15 is 0 Å². The van der Waals surface area contributed by atoms with E-state index in [1.165, 1.54) is 0 Å². The lowest BCUT2D eigenvalue weighted by Crippen LogP contribution is -2.44. The molecule has 0 bridgehead atoms. The quantitative estimate of drug-likeness (QED) is 0.735. The molecule has 0 aliphatic carbocycles. The van der Waals surface area contributed by atoms with E-state index in [1.54, 1.807) is 0 Å². The van der Waals surface area contributed by atoms with Gasteiger partial charge in [0.05, 0.1) is 13.1 Å². The number of pyridine rings is 1. The molecule has 6 nitrogen and oxygen atoms in total. The second kappa shape index (κ2) is 6.37. The first-order chi connectivity index (χ1) is 11.7. The minimum atomic E-state index is 0.671. The topological polar surface area (TPSA) is 50.3 Å². The number of piperazine rings is 1. The third-order valence-electron chi connectivity index (χ3n) is 4.65. The lowest BCUT2D eigenvalue weighted by Gasteiger charge is -2.32. The van der Waals surface area contributed by atoms with Crippen molar-refractivity contribution in [1.82, 2.24) is 24.3 Å². The van der Waals surface area contributed by atoms with Gasteiger partial charge in [-0.25, -0.2) is 9.97 Å². The maximum atomic E-state index is 5.77. The SMILES string of the molecule is Cc1ccc(Cn2c(CN3CCN(C)CC3)nc3cccnc32)o1. The molecule has 1 fully saturated rings. The summed E-state index contributed by atoms with van der Waals surface area (Å²) in [6, 6.07) is 8.00. The Balaban J connectivity index is 1.64. The van der Waals surface area contributed by atoms with Crippen molar-refractivity contribution in [3.8, 4) is 0 Å². The predicted molar refractivity (Wildman–Crippen MR) is 92.8 cm³/mol. The maximum Gasteiger partial charge on any atom is 0.160 e. The summed E-state index contributed by atoms with van der Waals surface area (Å²) in [5, 5.41) is 0. The molecule has 1 aliphatic rings. The molecule has 0 aromatic carbocycles. The predicted octanol–water partition coefficient (Wildman–Crippen LogP) is 2.13. The molecule has 0 unspecified atom stereocenters. The fourth-order valence-electron chi connectivity index (χ4n) is 3.22. The number of nitrogens with zero attached hydrogens (tertiary/aromatic N) is 5. The molecule has 3 aromatic heterocycles. The van der Waals surface area contributed by atoms with Crippen LogP contribution in [0, 0.1) is 6.92 Å². The number of hydrogen-bond acceptors (Lipinski definition) is 5. The van der Waals surface area contributed by atoms with Gasteiger partial charge < -0.3 is 13.9 Å². The van der Waals surface area contributed by atoms with Crippen LogP contribution in [0.25, 0.3) is 11.2 Å². The van der Waals surface area contributed by atoms with E-state index in [2.05, 4.69) is 26.4 Å². The van der Waals surface area contributed by atoms with Crippen LogP contribution in [0.15, 0.2) is 34.9 Å². The van der Waals surface area contributed by atoms with Gasteiger partial charge in [0.1, 0.15) is 22.9 Å². The van der Waals surface area contributed by atoms with Gasteiger partial charge in [0, 0.05) is 32.4 Å². The van der Waals surface area contributed by atoms with E-state index in [0.717, 1.165) is 61.2 Å². The Hall–Kier alpha value is -2.18. The third kappa shape index (κ3) is 3.07. The Bertz CT molecular complexity index is 829. The third-order valence-corrected chi connectivity index (χ3v) is 4.65. The van der Waals surface area contributed by atoms with Gasteiger partial charge in [0.15, 0.2) is 5.65 Å². The first-order valence-corrected chi connectivity index (χ1v) is 8.45. The van der Waals surface area contributed by atoms with E-state index < -0.39 is 0 Å². The first kappa shape index (κ1) is 15.4. The lowest BCUT2D eigenvalue weighted by molar-refractivity contribution is 0.144. The zero-order chi connectivity index (χ0) is 16.5. The number of aryl methyl sites for hydroxylation is 1. The highest BCUT2D eigenvalue weighted by Crippen LogP contribution is 2.19. The van der Waals surface area contributed by atoms with Gasteiger partial charge >= 0.3 is 0 Å². The Labute approximate surface area is 141 Å². The molecular weight excluding hydrogens is 302 g/mol. The van der Waals surface area contributed by atoms with E-state index in [1.807, 2.05) is 37.4 Å². The second-order valence-electron chi connectivity index (χ2n) is 6.55. The fourth-order valence-corrected chi connectivity index (χ4v) is 3.22. The first-order valence-electron chi connectivity index (χ1n) is 8.45. The average Bonchev–Trinajstić information content (AvgIpc) is 3.14. The molecule has 24 heavy (non-hydrogen) atoms. The van der Waals surface area contributed by atoms with Gasteiger partial charge in [-0.15, -0.1) is 0 Å². The van der Waals surface area contributed by atoms with Gasteiger partial charge in [-0.1, -0.05) is 0 Å². The van der Waals surface area contributed by atoms with Gasteiger partial charge in [0.25, 0.3) is 0 Å². The lowest BCUT2D eigenvalue weighted by atomic mass is 10.3. The highest BCUT2D eigenvalue weighted by molar-refractivity contribution is 5.71. The smallest absolute Gasteiger partial charge is 0.160 e. The highest BCUT2D eigenvalue weighted by atomic mass is 16.3. The summed E-state index contributed by atoms with van der Waals surface area (Å²) in [4.78, 5) is 14.2. The molecule has 0 radical (unpaired) electrons. The number of aromatic nitrogens is 3. The molecule has 1 aliphatic heterocycles. The monoisotopic (exact) mass is 325 g/mol. The van der Waals surface area contributed by atoms with Crippen molar-refractivity contribution in [3.05, 3.63) is 47.8 Å². The number of rotatable bonds is 4. The Kier molecular flexibility index (Phi) is 4.08. The molecule has 0 N–H and O–H groups in total. The van der Waals surface area contributed by atoms with Crippen LogP contribution >= 0.6 is 0 Å². The van der Waals surface area contributed by atoms with Crippen molar-refractivity contribution in [2.75, 3.05) is 33.2 Å². The van der Waals surface area contributed by atoms with Crippen LogP contribution in [-0.4, -0.2) is 57.6 Å². The molecule has 0 spiro atoms. The number of furan rings is 1. The van der Waals surface area contributed by atoms with E-state index in [9.17, 15) is 0 Å². The summed E-state index contributed by atoms with van der Waals surface area (Å²) < 4.78 is 7.95. The Morgan fingerprint density at radius 3 is 2.67 bits per heavy atom. The van der Waals surface area contributed by atoms with Crippen LogP contribution < -0.4 is 0 Å². The zero-order valence-corrected chi connectivity index (χ0v) is 14.3. The standard InChI is InChI=1S/C18H23N5O/c1-14-5-6-15(24-14)12-23-17(13-22-10-8-21(2)9-11-22)20-16-4-3-7-19-18(16)23/h3-7H,8-13H2,1-2H3. The average molecular weight is 325 g/mol. The summed E-state index contributed by atoms with van der Waals surface area (Å²) in [5.41, 5.74) is 1.88. The van der Waals surface area contributed by atoms with Crippen molar-refractivity contribution in [1.29, 1.82) is 0 Å².